The van der Waals surface area contributed by atoms with Gasteiger partial charge in [0.05, 0.1) is 23.3 Å². The minimum Gasteiger partial charge on any atom is -0.352 e. The zero-order chi connectivity index (χ0) is 14.7. The van der Waals surface area contributed by atoms with E-state index in [-0.39, 0.29) is 29.7 Å². The van der Waals surface area contributed by atoms with Crippen molar-refractivity contribution in [3.05, 3.63) is 0 Å². The predicted molar refractivity (Wildman–Crippen MR) is 72.1 cm³/mol. The molecule has 0 bridgehead atoms. The minimum absolute atomic E-state index is 0.0652. The molecule has 0 spiro atoms. The van der Waals surface area contributed by atoms with E-state index in [9.17, 15) is 21.6 Å². The lowest BCUT2D eigenvalue weighted by Crippen LogP contribution is -2.48. The molecule has 7 nitrogen and oxygen atoms in total. The first-order chi connectivity index (χ1) is 8.59. The van der Waals surface area contributed by atoms with E-state index < -0.39 is 31.6 Å². The molecular formula is C10H20N2O5S2. The van der Waals surface area contributed by atoms with Crippen LogP contribution >= 0.6 is 0 Å². The van der Waals surface area contributed by atoms with E-state index in [1.54, 1.807) is 0 Å². The molecule has 3 N–H and O–H groups in total. The molecule has 0 aromatic heterocycles. The van der Waals surface area contributed by atoms with E-state index in [1.165, 1.54) is 0 Å². The molecule has 1 amide bonds. The fraction of sp³-hybridized carbons (Fsp3) is 0.900. The lowest BCUT2D eigenvalue weighted by Gasteiger charge is -2.24. The first-order valence-corrected chi connectivity index (χ1v) is 9.91. The number of hydrogen-bond donors (Lipinski definition) is 2. The third-order valence-electron chi connectivity index (χ3n) is 3.04. The van der Waals surface area contributed by atoms with E-state index in [4.69, 9.17) is 5.73 Å². The van der Waals surface area contributed by atoms with Crippen molar-refractivity contribution in [1.82, 2.24) is 5.32 Å². The number of carbonyl (C=O) groups is 1. The van der Waals surface area contributed by atoms with Gasteiger partial charge in [0.15, 0.2) is 0 Å². The van der Waals surface area contributed by atoms with E-state index in [1.807, 2.05) is 0 Å². The Morgan fingerprint density at radius 1 is 1.37 bits per heavy atom. The quantitative estimate of drug-likeness (QED) is 0.633. The second-order valence-electron chi connectivity index (χ2n) is 4.96. The van der Waals surface area contributed by atoms with Gasteiger partial charge < -0.3 is 11.1 Å². The van der Waals surface area contributed by atoms with Gasteiger partial charge in [-0.05, 0) is 19.3 Å². The summed E-state index contributed by atoms with van der Waals surface area (Å²) in [4.78, 5) is 11.7. The van der Waals surface area contributed by atoms with Gasteiger partial charge >= 0.3 is 0 Å². The van der Waals surface area contributed by atoms with Gasteiger partial charge in [0.1, 0.15) is 19.7 Å². The van der Waals surface area contributed by atoms with Crippen molar-refractivity contribution >= 4 is 25.6 Å². The van der Waals surface area contributed by atoms with Gasteiger partial charge in [-0.15, -0.1) is 0 Å². The molecule has 19 heavy (non-hydrogen) atoms. The third kappa shape index (κ3) is 6.35. The van der Waals surface area contributed by atoms with Gasteiger partial charge in [0.25, 0.3) is 0 Å². The molecule has 1 aliphatic rings. The van der Waals surface area contributed by atoms with Gasteiger partial charge in [-0.1, -0.05) is 0 Å². The largest absolute Gasteiger partial charge is 0.352 e. The van der Waals surface area contributed by atoms with E-state index in [2.05, 4.69) is 5.32 Å². The van der Waals surface area contributed by atoms with Crippen molar-refractivity contribution in [3.63, 3.8) is 0 Å². The highest BCUT2D eigenvalue weighted by Gasteiger charge is 2.26. The SMILES string of the molecule is CS(=O)(=O)CCC(N)C(=O)NC1CCS(=O)(=O)CC1. The molecule has 0 radical (unpaired) electrons. The normalized spacial score (nSPS) is 21.8. The van der Waals surface area contributed by atoms with Crippen molar-refractivity contribution in [3.8, 4) is 0 Å². The van der Waals surface area contributed by atoms with Crippen molar-refractivity contribution in [2.24, 2.45) is 5.73 Å². The highest BCUT2D eigenvalue weighted by Crippen LogP contribution is 2.12. The molecule has 1 saturated heterocycles. The van der Waals surface area contributed by atoms with Gasteiger partial charge in [0.2, 0.25) is 5.91 Å². The Balaban J connectivity index is 2.39. The zero-order valence-corrected chi connectivity index (χ0v) is 12.5. The molecule has 0 saturated carbocycles. The molecule has 0 aliphatic carbocycles. The predicted octanol–water partition coefficient (Wildman–Crippen LogP) is -1.56. The zero-order valence-electron chi connectivity index (χ0n) is 10.8. The van der Waals surface area contributed by atoms with Gasteiger partial charge in [-0.25, -0.2) is 16.8 Å². The fourth-order valence-corrected chi connectivity index (χ4v) is 3.99. The molecule has 1 unspecified atom stereocenters. The maximum atomic E-state index is 11.7. The smallest absolute Gasteiger partial charge is 0.237 e. The first kappa shape index (κ1) is 16.4. The topological polar surface area (TPSA) is 123 Å². The van der Waals surface area contributed by atoms with Crippen LogP contribution in [0.3, 0.4) is 0 Å². The summed E-state index contributed by atoms with van der Waals surface area (Å²) in [5, 5.41) is 2.67. The molecular weight excluding hydrogens is 292 g/mol. The highest BCUT2D eigenvalue weighted by atomic mass is 32.2. The van der Waals surface area contributed by atoms with Crippen molar-refractivity contribution in [2.75, 3.05) is 23.5 Å². The Kier molecular flexibility index (Phi) is 5.34. The summed E-state index contributed by atoms with van der Waals surface area (Å²) in [5.74, 6) is -0.429. The summed E-state index contributed by atoms with van der Waals surface area (Å²) >= 11 is 0. The van der Waals surface area contributed by atoms with Crippen LogP contribution in [0, 0.1) is 0 Å². The van der Waals surface area contributed by atoms with Gasteiger partial charge in [-0.2, -0.15) is 0 Å². The van der Waals surface area contributed by atoms with Crippen molar-refractivity contribution in [2.45, 2.75) is 31.3 Å². The highest BCUT2D eigenvalue weighted by molar-refractivity contribution is 7.91. The van der Waals surface area contributed by atoms with Crippen LogP contribution < -0.4 is 11.1 Å². The summed E-state index contributed by atoms with van der Waals surface area (Å²) < 4.78 is 44.4. The van der Waals surface area contributed by atoms with Crippen LogP contribution in [0.5, 0.6) is 0 Å². The first-order valence-electron chi connectivity index (χ1n) is 6.03. The summed E-state index contributed by atoms with van der Waals surface area (Å²) in [6.07, 6.45) is 1.92. The number of hydrogen-bond acceptors (Lipinski definition) is 6. The molecule has 1 atom stereocenters. The van der Waals surface area contributed by atoms with Gasteiger partial charge in [-0.3, -0.25) is 4.79 Å². The Labute approximate surface area is 113 Å². The average molecular weight is 312 g/mol. The van der Waals surface area contributed by atoms with Crippen LogP contribution in [-0.2, 0) is 24.5 Å². The number of rotatable bonds is 5. The molecule has 9 heteroatoms. The summed E-state index contributed by atoms with van der Waals surface area (Å²) in [6.45, 7) is 0. The Morgan fingerprint density at radius 3 is 2.37 bits per heavy atom. The van der Waals surface area contributed by atoms with Crippen LogP contribution in [-0.4, -0.2) is 58.3 Å². The Bertz CT molecular complexity index is 512. The van der Waals surface area contributed by atoms with Crippen LogP contribution in [0.2, 0.25) is 0 Å². The maximum Gasteiger partial charge on any atom is 0.237 e. The monoisotopic (exact) mass is 312 g/mol. The Hall–Kier alpha value is -0.670. The number of carbonyl (C=O) groups excluding carboxylic acids is 1. The standard InChI is InChI=1S/C10H20N2O5S2/c1-18(14,15)5-4-9(11)10(13)12-8-2-6-19(16,17)7-3-8/h8-9H,2-7,11H2,1H3,(H,12,13). The van der Waals surface area contributed by atoms with E-state index in [0.29, 0.717) is 12.8 Å². The summed E-state index contributed by atoms with van der Waals surface area (Å²) in [5.41, 5.74) is 5.60. The van der Waals surface area contributed by atoms with Crippen molar-refractivity contribution in [1.29, 1.82) is 0 Å². The number of sulfone groups is 2. The van der Waals surface area contributed by atoms with Crippen LogP contribution in [0.4, 0.5) is 0 Å². The fourth-order valence-electron chi connectivity index (χ4n) is 1.81. The second-order valence-corrected chi connectivity index (χ2v) is 9.52. The molecule has 1 aliphatic heterocycles. The molecule has 1 rings (SSSR count). The second kappa shape index (κ2) is 6.19. The Morgan fingerprint density at radius 2 is 1.89 bits per heavy atom. The number of nitrogens with one attached hydrogen (secondary N) is 1. The lowest BCUT2D eigenvalue weighted by atomic mass is 10.1. The number of nitrogens with two attached hydrogens (primary N) is 1. The molecule has 112 valence electrons. The minimum atomic E-state index is -3.14. The molecule has 1 heterocycles. The van der Waals surface area contributed by atoms with Crippen LogP contribution in [0.25, 0.3) is 0 Å². The average Bonchev–Trinajstić information content (AvgIpc) is 2.27. The van der Waals surface area contributed by atoms with Crippen LogP contribution in [0.1, 0.15) is 19.3 Å². The molecule has 0 aromatic carbocycles. The van der Waals surface area contributed by atoms with Crippen molar-refractivity contribution < 1.29 is 21.6 Å². The summed E-state index contributed by atoms with van der Waals surface area (Å²) in [6, 6.07) is -1.08. The lowest BCUT2D eigenvalue weighted by molar-refractivity contribution is -0.123. The molecule has 0 aromatic rings. The summed E-state index contributed by atoms with van der Waals surface area (Å²) in [7, 11) is -6.10. The molecule has 1 fully saturated rings. The number of amides is 1. The third-order valence-corrected chi connectivity index (χ3v) is 5.73. The van der Waals surface area contributed by atoms with E-state index in [0.717, 1.165) is 6.26 Å². The van der Waals surface area contributed by atoms with E-state index >= 15 is 0 Å². The van der Waals surface area contributed by atoms with Gasteiger partial charge in [0, 0.05) is 12.3 Å². The maximum absolute atomic E-state index is 11.7. The van der Waals surface area contributed by atoms with Crippen LogP contribution in [0.15, 0.2) is 0 Å².